The van der Waals surface area contributed by atoms with E-state index in [2.05, 4.69) is 20.5 Å². The fourth-order valence-electron chi connectivity index (χ4n) is 2.50. The van der Waals surface area contributed by atoms with Crippen molar-refractivity contribution in [3.8, 4) is 0 Å². The molecule has 0 aliphatic rings. The number of fused-ring (bicyclic) bond motifs is 1. The molecule has 0 aliphatic carbocycles. The number of carbonyl (C=O) groups excluding carboxylic acids is 1. The summed E-state index contributed by atoms with van der Waals surface area (Å²) in [5.41, 5.74) is 1.87. The molecular formula is C17H13FN6O. The largest absolute Gasteiger partial charge is 0.319 e. The minimum atomic E-state index is -0.334. The van der Waals surface area contributed by atoms with E-state index in [0.717, 1.165) is 0 Å². The topological polar surface area (TPSA) is 77.1 Å². The number of aromatic nitrogens is 5. The van der Waals surface area contributed by atoms with E-state index in [1.54, 1.807) is 47.5 Å². The van der Waals surface area contributed by atoms with Gasteiger partial charge in [0.15, 0.2) is 5.65 Å². The summed E-state index contributed by atoms with van der Waals surface area (Å²) in [5, 5.41) is 11.0. The predicted molar refractivity (Wildman–Crippen MR) is 88.7 cm³/mol. The highest BCUT2D eigenvalue weighted by molar-refractivity contribution is 6.07. The molecule has 0 saturated heterocycles. The summed E-state index contributed by atoms with van der Waals surface area (Å²) < 4.78 is 16.8. The van der Waals surface area contributed by atoms with E-state index >= 15 is 0 Å². The number of rotatable bonds is 4. The molecule has 3 aromatic heterocycles. The molecule has 0 fully saturated rings. The number of hydrogen-bond donors (Lipinski definition) is 1. The average Bonchev–Trinajstić information content (AvgIpc) is 3.23. The van der Waals surface area contributed by atoms with Crippen LogP contribution >= 0.6 is 0 Å². The molecule has 4 aromatic rings. The standard InChI is InChI=1S/C17H13FN6O/c18-15-5-2-1-4-12(15)10-23-11-13(8-20-23)22-17(25)14-9-21-24-7-3-6-19-16(14)24/h1-9,11H,10H2,(H,22,25). The van der Waals surface area contributed by atoms with Crippen LogP contribution in [0.15, 0.2) is 61.3 Å². The zero-order valence-corrected chi connectivity index (χ0v) is 13.0. The maximum Gasteiger partial charge on any atom is 0.261 e. The van der Waals surface area contributed by atoms with Crippen molar-refractivity contribution >= 4 is 17.2 Å². The third-order valence-electron chi connectivity index (χ3n) is 3.71. The molecule has 124 valence electrons. The molecule has 0 spiro atoms. The monoisotopic (exact) mass is 336 g/mol. The Bertz CT molecular complexity index is 1050. The van der Waals surface area contributed by atoms with Gasteiger partial charge in [-0.25, -0.2) is 13.9 Å². The highest BCUT2D eigenvalue weighted by Gasteiger charge is 2.14. The Morgan fingerprint density at radius 3 is 2.92 bits per heavy atom. The molecule has 7 nitrogen and oxygen atoms in total. The van der Waals surface area contributed by atoms with Crippen molar-refractivity contribution < 1.29 is 9.18 Å². The Labute approximate surface area is 141 Å². The quantitative estimate of drug-likeness (QED) is 0.621. The van der Waals surface area contributed by atoms with Crippen LogP contribution in [0.5, 0.6) is 0 Å². The van der Waals surface area contributed by atoms with Crippen molar-refractivity contribution in [2.75, 3.05) is 5.32 Å². The Hall–Kier alpha value is -3.55. The lowest BCUT2D eigenvalue weighted by Crippen LogP contribution is -2.11. The molecule has 25 heavy (non-hydrogen) atoms. The van der Waals surface area contributed by atoms with Crippen LogP contribution in [0, 0.1) is 5.82 Å². The summed E-state index contributed by atoms with van der Waals surface area (Å²) in [6.45, 7) is 0.279. The fraction of sp³-hybridized carbons (Fsp3) is 0.0588. The van der Waals surface area contributed by atoms with Gasteiger partial charge in [0.1, 0.15) is 11.4 Å². The van der Waals surface area contributed by atoms with Crippen LogP contribution in [0.1, 0.15) is 15.9 Å². The van der Waals surface area contributed by atoms with E-state index in [0.29, 0.717) is 22.5 Å². The number of hydrogen-bond acceptors (Lipinski definition) is 4. The molecule has 8 heteroatoms. The van der Waals surface area contributed by atoms with Crippen LogP contribution in [0.25, 0.3) is 5.65 Å². The molecule has 0 aliphatic heterocycles. The number of nitrogens with one attached hydrogen (secondary N) is 1. The van der Waals surface area contributed by atoms with E-state index in [-0.39, 0.29) is 18.3 Å². The van der Waals surface area contributed by atoms with Crippen LogP contribution < -0.4 is 5.32 Å². The van der Waals surface area contributed by atoms with Crippen molar-refractivity contribution in [1.82, 2.24) is 24.4 Å². The third kappa shape index (κ3) is 2.97. The molecule has 4 rings (SSSR count). The maximum absolute atomic E-state index is 13.7. The lowest BCUT2D eigenvalue weighted by atomic mass is 10.2. The van der Waals surface area contributed by atoms with Crippen LogP contribution in [0.3, 0.4) is 0 Å². The summed E-state index contributed by atoms with van der Waals surface area (Å²) in [6.07, 6.45) is 7.93. The number of halogens is 1. The van der Waals surface area contributed by atoms with Crippen LogP contribution in [-0.2, 0) is 6.54 Å². The van der Waals surface area contributed by atoms with E-state index in [1.807, 2.05) is 0 Å². The smallest absolute Gasteiger partial charge is 0.261 e. The highest BCUT2D eigenvalue weighted by atomic mass is 19.1. The molecule has 1 N–H and O–H groups in total. The molecule has 1 aromatic carbocycles. The maximum atomic E-state index is 13.7. The summed E-state index contributed by atoms with van der Waals surface area (Å²) in [4.78, 5) is 16.6. The molecular weight excluding hydrogens is 323 g/mol. The average molecular weight is 336 g/mol. The Balaban J connectivity index is 1.51. The summed E-state index contributed by atoms with van der Waals surface area (Å²) in [7, 11) is 0. The first kappa shape index (κ1) is 15.0. The molecule has 3 heterocycles. The van der Waals surface area contributed by atoms with E-state index < -0.39 is 0 Å². The summed E-state index contributed by atoms with van der Waals surface area (Å²) in [5.74, 6) is -0.625. The molecule has 0 radical (unpaired) electrons. The van der Waals surface area contributed by atoms with Crippen molar-refractivity contribution in [3.05, 3.63) is 78.3 Å². The second-order valence-corrected chi connectivity index (χ2v) is 5.42. The van der Waals surface area contributed by atoms with Gasteiger partial charge < -0.3 is 5.32 Å². The van der Waals surface area contributed by atoms with Crippen molar-refractivity contribution in [3.63, 3.8) is 0 Å². The number of anilines is 1. The summed E-state index contributed by atoms with van der Waals surface area (Å²) in [6, 6.07) is 8.23. The molecule has 0 atom stereocenters. The zero-order valence-electron chi connectivity index (χ0n) is 13.0. The van der Waals surface area contributed by atoms with Gasteiger partial charge in [-0.2, -0.15) is 10.2 Å². The minimum Gasteiger partial charge on any atom is -0.319 e. The van der Waals surface area contributed by atoms with Gasteiger partial charge in [-0.15, -0.1) is 0 Å². The number of benzene rings is 1. The first-order chi connectivity index (χ1) is 12.2. The van der Waals surface area contributed by atoms with Gasteiger partial charge in [-0.05, 0) is 12.1 Å². The first-order valence-corrected chi connectivity index (χ1v) is 7.56. The van der Waals surface area contributed by atoms with Crippen molar-refractivity contribution in [2.24, 2.45) is 0 Å². The normalized spacial score (nSPS) is 10.9. The number of nitrogens with zero attached hydrogens (tertiary/aromatic N) is 5. The highest BCUT2D eigenvalue weighted by Crippen LogP contribution is 2.13. The van der Waals surface area contributed by atoms with Crippen molar-refractivity contribution in [1.29, 1.82) is 0 Å². The van der Waals surface area contributed by atoms with Gasteiger partial charge in [-0.1, -0.05) is 18.2 Å². The van der Waals surface area contributed by atoms with Gasteiger partial charge in [-0.3, -0.25) is 9.48 Å². The minimum absolute atomic E-state index is 0.279. The lowest BCUT2D eigenvalue weighted by molar-refractivity contribution is 0.102. The van der Waals surface area contributed by atoms with Crippen LogP contribution in [0.2, 0.25) is 0 Å². The van der Waals surface area contributed by atoms with E-state index in [4.69, 9.17) is 0 Å². The first-order valence-electron chi connectivity index (χ1n) is 7.56. The molecule has 0 bridgehead atoms. The van der Waals surface area contributed by atoms with Gasteiger partial charge in [0.25, 0.3) is 5.91 Å². The molecule has 1 amide bonds. The van der Waals surface area contributed by atoms with E-state index in [1.165, 1.54) is 23.0 Å². The Kier molecular flexibility index (Phi) is 3.70. The Morgan fingerprint density at radius 2 is 2.04 bits per heavy atom. The summed E-state index contributed by atoms with van der Waals surface area (Å²) >= 11 is 0. The fourth-order valence-corrected chi connectivity index (χ4v) is 2.50. The number of amides is 1. The number of carbonyl (C=O) groups is 1. The SMILES string of the molecule is O=C(Nc1cnn(Cc2ccccc2F)c1)c1cnn2cccnc12. The van der Waals surface area contributed by atoms with Gasteiger partial charge >= 0.3 is 0 Å². The lowest BCUT2D eigenvalue weighted by Gasteiger charge is -2.03. The second kappa shape index (κ2) is 6.16. The molecule has 0 unspecified atom stereocenters. The van der Waals surface area contributed by atoms with Gasteiger partial charge in [0.2, 0.25) is 0 Å². The predicted octanol–water partition coefficient (Wildman–Crippen LogP) is 2.37. The van der Waals surface area contributed by atoms with Gasteiger partial charge in [0.05, 0.1) is 24.6 Å². The Morgan fingerprint density at radius 1 is 1.16 bits per heavy atom. The van der Waals surface area contributed by atoms with Crippen molar-refractivity contribution in [2.45, 2.75) is 6.54 Å². The zero-order chi connectivity index (χ0) is 17.2. The van der Waals surface area contributed by atoms with Crippen LogP contribution in [0.4, 0.5) is 10.1 Å². The molecule has 0 saturated carbocycles. The van der Waals surface area contributed by atoms with Crippen LogP contribution in [-0.4, -0.2) is 30.3 Å². The second-order valence-electron chi connectivity index (χ2n) is 5.42. The third-order valence-corrected chi connectivity index (χ3v) is 3.71. The van der Waals surface area contributed by atoms with E-state index in [9.17, 15) is 9.18 Å². The van der Waals surface area contributed by atoms with Gasteiger partial charge in [0, 0.05) is 24.2 Å².